The summed E-state index contributed by atoms with van der Waals surface area (Å²) in [6, 6.07) is -0.0185. The second-order valence-corrected chi connectivity index (χ2v) is 5.68. The fourth-order valence-corrected chi connectivity index (χ4v) is 3.08. The van der Waals surface area contributed by atoms with Crippen LogP contribution >= 0.6 is 23.1 Å². The third kappa shape index (κ3) is 3.47. The van der Waals surface area contributed by atoms with E-state index in [2.05, 4.69) is 15.6 Å². The van der Waals surface area contributed by atoms with Crippen molar-refractivity contribution in [3.8, 4) is 0 Å². The first-order valence-electron chi connectivity index (χ1n) is 5.33. The summed E-state index contributed by atoms with van der Waals surface area (Å²) in [6.07, 6.45) is 2.62. The molecule has 88 valence electrons. The quantitative estimate of drug-likeness (QED) is 0.825. The zero-order valence-electron chi connectivity index (χ0n) is 8.94. The molecule has 1 aromatic rings. The number of aromatic nitrogens is 1. The van der Waals surface area contributed by atoms with Gasteiger partial charge in [0.15, 0.2) is 0 Å². The van der Waals surface area contributed by atoms with Gasteiger partial charge in [-0.1, -0.05) is 0 Å². The molecule has 0 spiro atoms. The first kappa shape index (κ1) is 11.9. The van der Waals surface area contributed by atoms with Crippen molar-refractivity contribution in [1.82, 2.24) is 15.6 Å². The van der Waals surface area contributed by atoms with Crippen LogP contribution in [0.15, 0.2) is 11.6 Å². The highest BCUT2D eigenvalue weighted by atomic mass is 32.2. The normalized spacial score (nSPS) is 20.6. The summed E-state index contributed by atoms with van der Waals surface area (Å²) in [6.45, 7) is 1.60. The molecule has 1 saturated heterocycles. The van der Waals surface area contributed by atoms with Crippen molar-refractivity contribution in [3.63, 3.8) is 0 Å². The summed E-state index contributed by atoms with van der Waals surface area (Å²) in [7, 11) is 0. The van der Waals surface area contributed by atoms with Crippen LogP contribution < -0.4 is 10.6 Å². The van der Waals surface area contributed by atoms with Crippen LogP contribution in [0.1, 0.15) is 5.01 Å². The van der Waals surface area contributed by atoms with Gasteiger partial charge in [0.25, 0.3) is 0 Å². The van der Waals surface area contributed by atoms with Gasteiger partial charge in [0, 0.05) is 42.6 Å². The van der Waals surface area contributed by atoms with Crippen LogP contribution in [0.5, 0.6) is 0 Å². The third-order valence-corrected chi connectivity index (χ3v) is 4.26. The lowest BCUT2D eigenvalue weighted by molar-refractivity contribution is -0.122. The van der Waals surface area contributed by atoms with Crippen molar-refractivity contribution in [2.75, 3.05) is 24.6 Å². The molecule has 1 aliphatic rings. The molecule has 1 amide bonds. The van der Waals surface area contributed by atoms with Gasteiger partial charge in [-0.3, -0.25) is 4.79 Å². The molecule has 6 heteroatoms. The van der Waals surface area contributed by atoms with Crippen molar-refractivity contribution in [2.45, 2.75) is 12.5 Å². The Bertz CT molecular complexity index is 323. The molecular formula is C10H15N3OS2. The predicted octanol–water partition coefficient (Wildman–Crippen LogP) is 0.507. The minimum absolute atomic E-state index is 0.0185. The van der Waals surface area contributed by atoms with Crippen LogP contribution in [-0.4, -0.2) is 41.5 Å². The molecule has 1 atom stereocenters. The molecule has 2 N–H and O–H groups in total. The van der Waals surface area contributed by atoms with Crippen LogP contribution in [0, 0.1) is 0 Å². The fraction of sp³-hybridized carbons (Fsp3) is 0.600. The van der Waals surface area contributed by atoms with Crippen molar-refractivity contribution in [2.24, 2.45) is 0 Å². The first-order valence-corrected chi connectivity index (χ1v) is 7.37. The van der Waals surface area contributed by atoms with Gasteiger partial charge in [0.1, 0.15) is 0 Å². The number of carbonyl (C=O) groups excluding carboxylic acids is 1. The van der Waals surface area contributed by atoms with Gasteiger partial charge < -0.3 is 10.6 Å². The number of rotatable bonds is 4. The van der Waals surface area contributed by atoms with Gasteiger partial charge in [-0.15, -0.1) is 11.3 Å². The van der Waals surface area contributed by atoms with Crippen molar-refractivity contribution in [3.05, 3.63) is 16.6 Å². The van der Waals surface area contributed by atoms with Gasteiger partial charge in [0.2, 0.25) is 5.91 Å². The SMILES string of the molecule is O=C(NCCc1nccs1)C1CSCCN1. The van der Waals surface area contributed by atoms with E-state index in [9.17, 15) is 4.79 Å². The highest BCUT2D eigenvalue weighted by Gasteiger charge is 2.20. The van der Waals surface area contributed by atoms with Gasteiger partial charge in [0.05, 0.1) is 11.0 Å². The smallest absolute Gasteiger partial charge is 0.238 e. The van der Waals surface area contributed by atoms with Crippen molar-refractivity contribution < 1.29 is 4.79 Å². The molecule has 0 aliphatic carbocycles. The summed E-state index contributed by atoms with van der Waals surface area (Å²) >= 11 is 3.46. The number of nitrogens with one attached hydrogen (secondary N) is 2. The Kier molecular flexibility index (Phi) is 4.62. The molecule has 1 unspecified atom stereocenters. The average molecular weight is 257 g/mol. The molecule has 0 aromatic carbocycles. The largest absolute Gasteiger partial charge is 0.354 e. The number of carbonyl (C=O) groups is 1. The van der Waals surface area contributed by atoms with E-state index < -0.39 is 0 Å². The maximum atomic E-state index is 11.7. The zero-order valence-corrected chi connectivity index (χ0v) is 10.6. The summed E-state index contributed by atoms with van der Waals surface area (Å²) in [5.41, 5.74) is 0. The highest BCUT2D eigenvalue weighted by molar-refractivity contribution is 7.99. The number of nitrogens with zero attached hydrogens (tertiary/aromatic N) is 1. The van der Waals surface area contributed by atoms with E-state index in [0.29, 0.717) is 6.54 Å². The molecule has 2 heterocycles. The van der Waals surface area contributed by atoms with E-state index in [0.717, 1.165) is 29.5 Å². The van der Waals surface area contributed by atoms with E-state index in [-0.39, 0.29) is 11.9 Å². The van der Waals surface area contributed by atoms with Gasteiger partial charge in [-0.05, 0) is 0 Å². The number of hydrogen-bond acceptors (Lipinski definition) is 5. The van der Waals surface area contributed by atoms with E-state index in [1.165, 1.54) is 0 Å². The molecule has 1 aromatic heterocycles. The van der Waals surface area contributed by atoms with Crippen molar-refractivity contribution >= 4 is 29.0 Å². The van der Waals surface area contributed by atoms with Crippen LogP contribution in [0.4, 0.5) is 0 Å². The number of hydrogen-bond donors (Lipinski definition) is 2. The Labute approximate surface area is 103 Å². The zero-order chi connectivity index (χ0) is 11.2. The maximum Gasteiger partial charge on any atom is 0.238 e. The molecule has 1 aliphatic heterocycles. The van der Waals surface area contributed by atoms with E-state index in [1.54, 1.807) is 17.5 Å². The number of thioether (sulfide) groups is 1. The Morgan fingerprint density at radius 3 is 3.31 bits per heavy atom. The molecule has 0 bridgehead atoms. The molecule has 4 nitrogen and oxygen atoms in total. The van der Waals surface area contributed by atoms with E-state index in [1.807, 2.05) is 17.1 Å². The summed E-state index contributed by atoms with van der Waals surface area (Å²) in [5, 5.41) is 9.19. The topological polar surface area (TPSA) is 54.0 Å². The average Bonchev–Trinajstić information content (AvgIpc) is 2.83. The lowest BCUT2D eigenvalue weighted by Crippen LogP contribution is -2.49. The number of thiazole rings is 1. The van der Waals surface area contributed by atoms with E-state index in [4.69, 9.17) is 0 Å². The Hall–Kier alpha value is -0.590. The van der Waals surface area contributed by atoms with Crippen LogP contribution in [-0.2, 0) is 11.2 Å². The Morgan fingerprint density at radius 1 is 1.69 bits per heavy atom. The molecule has 2 rings (SSSR count). The monoisotopic (exact) mass is 257 g/mol. The lowest BCUT2D eigenvalue weighted by atomic mass is 10.3. The summed E-state index contributed by atoms with van der Waals surface area (Å²) in [5.74, 6) is 2.09. The lowest BCUT2D eigenvalue weighted by Gasteiger charge is -2.22. The molecular weight excluding hydrogens is 242 g/mol. The van der Waals surface area contributed by atoms with E-state index >= 15 is 0 Å². The Morgan fingerprint density at radius 2 is 2.62 bits per heavy atom. The molecule has 0 radical (unpaired) electrons. The minimum Gasteiger partial charge on any atom is -0.354 e. The number of amides is 1. The van der Waals surface area contributed by atoms with Crippen LogP contribution in [0.3, 0.4) is 0 Å². The van der Waals surface area contributed by atoms with Crippen LogP contribution in [0.25, 0.3) is 0 Å². The van der Waals surface area contributed by atoms with Crippen molar-refractivity contribution in [1.29, 1.82) is 0 Å². The fourth-order valence-electron chi connectivity index (χ4n) is 1.53. The summed E-state index contributed by atoms with van der Waals surface area (Å²) in [4.78, 5) is 15.9. The predicted molar refractivity (Wildman–Crippen MR) is 67.9 cm³/mol. The second-order valence-electron chi connectivity index (χ2n) is 3.55. The standard InChI is InChI=1S/C10H15N3OS2/c14-10(8-7-15-5-3-11-8)13-2-1-9-12-4-6-16-9/h4,6,8,11H,1-3,5,7H2,(H,13,14). The second kappa shape index (κ2) is 6.22. The van der Waals surface area contributed by atoms with Gasteiger partial charge in [-0.2, -0.15) is 11.8 Å². The van der Waals surface area contributed by atoms with Crippen LogP contribution in [0.2, 0.25) is 0 Å². The minimum atomic E-state index is -0.0185. The summed E-state index contributed by atoms with van der Waals surface area (Å²) < 4.78 is 0. The Balaban J connectivity index is 1.67. The highest BCUT2D eigenvalue weighted by Crippen LogP contribution is 2.07. The maximum absolute atomic E-state index is 11.7. The van der Waals surface area contributed by atoms with Gasteiger partial charge >= 0.3 is 0 Å². The molecule has 16 heavy (non-hydrogen) atoms. The van der Waals surface area contributed by atoms with Gasteiger partial charge in [-0.25, -0.2) is 4.98 Å². The molecule has 1 fully saturated rings. The third-order valence-electron chi connectivity index (χ3n) is 2.36. The first-order chi connectivity index (χ1) is 7.86. The molecule has 0 saturated carbocycles.